The Labute approximate surface area is 266 Å². The van der Waals surface area contributed by atoms with Crippen molar-refractivity contribution in [3.05, 3.63) is 94.9 Å². The molecular weight excluding hydrogens is 610 g/mol. The van der Waals surface area contributed by atoms with E-state index in [-0.39, 0.29) is 40.8 Å². The highest BCUT2D eigenvalue weighted by Gasteiger charge is 2.36. The van der Waals surface area contributed by atoms with E-state index in [1.165, 1.54) is 28.9 Å². The number of aryl methyl sites for hydroxylation is 2. The van der Waals surface area contributed by atoms with Crippen LogP contribution in [-0.4, -0.2) is 46.0 Å². The van der Waals surface area contributed by atoms with E-state index >= 15 is 8.78 Å². The van der Waals surface area contributed by atoms with Gasteiger partial charge in [0.2, 0.25) is 0 Å². The molecule has 0 spiro atoms. The van der Waals surface area contributed by atoms with Crippen LogP contribution in [0.5, 0.6) is 11.5 Å². The van der Waals surface area contributed by atoms with Crippen LogP contribution in [0.4, 0.5) is 8.78 Å². The minimum absolute atomic E-state index is 0.0334. The first-order valence-corrected chi connectivity index (χ1v) is 17.0. The molecule has 46 heavy (non-hydrogen) atoms. The normalized spacial score (nSPS) is 19.9. The van der Waals surface area contributed by atoms with E-state index in [9.17, 15) is 13.2 Å². The Bertz CT molecular complexity index is 2070. The van der Waals surface area contributed by atoms with Crippen molar-refractivity contribution in [3.63, 3.8) is 0 Å². The van der Waals surface area contributed by atoms with Crippen molar-refractivity contribution in [3.8, 4) is 22.9 Å². The van der Waals surface area contributed by atoms with Gasteiger partial charge in [-0.1, -0.05) is 38.5 Å². The summed E-state index contributed by atoms with van der Waals surface area (Å²) in [5.41, 5.74) is 1.01. The van der Waals surface area contributed by atoms with Crippen molar-refractivity contribution in [1.82, 2.24) is 19.7 Å². The number of nitrogens with one attached hydrogen (secondary N) is 1. The Hall–Kier alpha value is -4.38. The molecular formula is C35H36F2N4O4S. The molecule has 2 aromatic heterocycles. The van der Waals surface area contributed by atoms with Gasteiger partial charge < -0.3 is 9.72 Å². The average Bonchev–Trinajstić information content (AvgIpc) is 3.63. The lowest BCUT2D eigenvalue weighted by molar-refractivity contribution is 0.112. The predicted molar refractivity (Wildman–Crippen MR) is 173 cm³/mol. The second-order valence-electron chi connectivity index (χ2n) is 13.2. The maximum absolute atomic E-state index is 15.6. The van der Waals surface area contributed by atoms with E-state index in [4.69, 9.17) is 14.8 Å². The number of H-pyrrole nitrogens is 1. The molecule has 1 aliphatic rings. The third kappa shape index (κ3) is 6.08. The minimum Gasteiger partial charge on any atom is -0.454 e. The largest absolute Gasteiger partial charge is 0.454 e. The Morgan fingerprint density at radius 2 is 1.83 bits per heavy atom. The number of fused-ring (bicyclic) bond motifs is 8. The van der Waals surface area contributed by atoms with Gasteiger partial charge in [0.1, 0.15) is 17.9 Å². The van der Waals surface area contributed by atoms with Gasteiger partial charge in [-0.15, -0.1) is 0 Å². The van der Waals surface area contributed by atoms with E-state index in [0.717, 1.165) is 11.8 Å². The summed E-state index contributed by atoms with van der Waals surface area (Å²) in [4.78, 5) is 19.5. The summed E-state index contributed by atoms with van der Waals surface area (Å²) in [6.45, 7) is 5.84. The molecule has 0 saturated heterocycles. The molecule has 0 radical (unpaired) electrons. The number of carbonyl (C=O) groups excluding carboxylic acids is 1. The number of ether oxygens (including phenoxy) is 1. The number of aromatic amines is 1. The minimum atomic E-state index is -3.57. The van der Waals surface area contributed by atoms with Gasteiger partial charge in [-0.25, -0.2) is 26.9 Å². The quantitative estimate of drug-likeness (QED) is 0.202. The number of hydrogen-bond donors (Lipinski definition) is 1. The van der Waals surface area contributed by atoms with Crippen molar-refractivity contribution in [2.75, 3.05) is 11.5 Å². The van der Waals surface area contributed by atoms with E-state index in [1.807, 2.05) is 26.8 Å². The van der Waals surface area contributed by atoms with Crippen LogP contribution in [0.1, 0.15) is 67.3 Å². The van der Waals surface area contributed by atoms with Crippen molar-refractivity contribution in [2.24, 2.45) is 12.5 Å². The van der Waals surface area contributed by atoms with Crippen LogP contribution in [0.2, 0.25) is 0 Å². The lowest BCUT2D eigenvalue weighted by atomic mass is 9.75. The van der Waals surface area contributed by atoms with E-state index < -0.39 is 32.3 Å². The monoisotopic (exact) mass is 646 g/mol. The second kappa shape index (κ2) is 11.8. The van der Waals surface area contributed by atoms with Gasteiger partial charge >= 0.3 is 0 Å². The summed E-state index contributed by atoms with van der Waals surface area (Å²) < 4.78 is 65.7. The fourth-order valence-corrected chi connectivity index (χ4v) is 8.54. The maximum Gasteiger partial charge on any atom is 0.168 e. The maximum atomic E-state index is 15.6. The first-order chi connectivity index (χ1) is 21.8. The van der Waals surface area contributed by atoms with Crippen molar-refractivity contribution in [1.29, 1.82) is 0 Å². The fraction of sp³-hybridized carbons (Fsp3) is 0.343. The molecule has 3 aromatic carbocycles. The topological polar surface area (TPSA) is 107 Å². The molecule has 11 heteroatoms. The van der Waals surface area contributed by atoms with Crippen LogP contribution in [0.3, 0.4) is 0 Å². The summed E-state index contributed by atoms with van der Waals surface area (Å²) in [6.07, 6.45) is 4.24. The number of rotatable bonds is 2. The molecule has 1 aliphatic heterocycles. The Kier molecular flexibility index (Phi) is 8.08. The zero-order valence-electron chi connectivity index (χ0n) is 26.2. The van der Waals surface area contributed by atoms with Gasteiger partial charge in [-0.05, 0) is 67.5 Å². The first kappa shape index (κ1) is 31.6. The molecule has 240 valence electrons. The van der Waals surface area contributed by atoms with Crippen molar-refractivity contribution in [2.45, 2.75) is 51.9 Å². The number of nitrogens with zero attached hydrogens (tertiary/aromatic N) is 3. The van der Waals surface area contributed by atoms with Gasteiger partial charge in [-0.3, -0.25) is 4.79 Å². The number of hydrogen-bond acceptors (Lipinski definition) is 6. The number of carbonyl (C=O) groups is 1. The molecule has 5 aromatic rings. The molecule has 3 heterocycles. The summed E-state index contributed by atoms with van der Waals surface area (Å²) >= 11 is 0. The van der Waals surface area contributed by atoms with Gasteiger partial charge in [0.25, 0.3) is 0 Å². The van der Waals surface area contributed by atoms with Crippen LogP contribution >= 0.6 is 0 Å². The number of aldehydes is 1. The lowest BCUT2D eigenvalue weighted by Crippen LogP contribution is -2.29. The average molecular weight is 647 g/mol. The molecule has 0 amide bonds. The summed E-state index contributed by atoms with van der Waals surface area (Å²) in [7, 11) is -1.89. The summed E-state index contributed by atoms with van der Waals surface area (Å²) in [5.74, 6) is -0.752. The predicted octanol–water partition coefficient (Wildman–Crippen LogP) is 7.32. The standard InChI is InChI=1S/C35H36F2N4O4S/c1-34(2)13-6-14-35(3,23-8-5-7-22(17-23)20-42)33-39-32(41(4)40-33)27-18-24(9-10-28(27)36)45-31-26(12-16-46(43,44)21-34)25-11-15-38-30(25)19-29(31)37/h5,7-11,15,17-20,38H,6,12-14,16,21H2,1-4H3. The third-order valence-corrected chi connectivity index (χ3v) is 11.0. The Morgan fingerprint density at radius 1 is 1.02 bits per heavy atom. The SMILES string of the molecule is Cn1nc2nc1-c1cc(ccc1F)Oc1c(F)cc3[nH]ccc3c1CCS(=O)(=O)CC(C)(C)CCCC2(C)c1cccc(C=O)c1. The fourth-order valence-electron chi connectivity index (χ4n) is 6.55. The number of sulfone groups is 1. The van der Waals surface area contributed by atoms with E-state index in [2.05, 4.69) is 4.98 Å². The highest BCUT2D eigenvalue weighted by molar-refractivity contribution is 7.91. The van der Waals surface area contributed by atoms with Crippen molar-refractivity contribution >= 4 is 27.0 Å². The molecule has 6 rings (SSSR count). The highest BCUT2D eigenvalue weighted by atomic mass is 32.2. The number of aromatic nitrogens is 4. The van der Waals surface area contributed by atoms with Gasteiger partial charge in [-0.2, -0.15) is 5.10 Å². The van der Waals surface area contributed by atoms with Crippen LogP contribution in [0.15, 0.2) is 60.8 Å². The highest BCUT2D eigenvalue weighted by Crippen LogP contribution is 2.40. The van der Waals surface area contributed by atoms with Crippen LogP contribution < -0.4 is 4.74 Å². The van der Waals surface area contributed by atoms with Crippen LogP contribution in [-0.2, 0) is 28.7 Å². The Balaban J connectivity index is 1.53. The summed E-state index contributed by atoms with van der Waals surface area (Å²) in [6, 6.07) is 14.4. The van der Waals surface area contributed by atoms with Crippen molar-refractivity contribution < 1.29 is 26.7 Å². The molecule has 0 aliphatic carbocycles. The number of halogens is 2. The van der Waals surface area contributed by atoms with Gasteiger partial charge in [0, 0.05) is 41.3 Å². The molecule has 4 bridgehead atoms. The first-order valence-electron chi connectivity index (χ1n) is 15.2. The zero-order valence-corrected chi connectivity index (χ0v) is 27.0. The van der Waals surface area contributed by atoms with Crippen LogP contribution in [0.25, 0.3) is 22.3 Å². The number of benzene rings is 3. The van der Waals surface area contributed by atoms with Crippen LogP contribution in [0, 0.1) is 17.0 Å². The molecule has 1 atom stereocenters. The smallest absolute Gasteiger partial charge is 0.168 e. The summed E-state index contributed by atoms with van der Waals surface area (Å²) in [5, 5.41) is 5.39. The molecule has 1 unspecified atom stereocenters. The zero-order chi connectivity index (χ0) is 32.9. The Morgan fingerprint density at radius 3 is 2.61 bits per heavy atom. The van der Waals surface area contributed by atoms with Gasteiger partial charge in [0.15, 0.2) is 33.1 Å². The molecule has 0 fully saturated rings. The van der Waals surface area contributed by atoms with E-state index in [0.29, 0.717) is 47.1 Å². The third-order valence-electron chi connectivity index (χ3n) is 8.99. The molecule has 8 nitrogen and oxygen atoms in total. The molecule has 1 N–H and O–H groups in total. The van der Waals surface area contributed by atoms with Gasteiger partial charge in [0.05, 0.1) is 22.5 Å². The van der Waals surface area contributed by atoms with E-state index in [1.54, 1.807) is 37.5 Å². The second-order valence-corrected chi connectivity index (χ2v) is 15.4. The molecule has 0 saturated carbocycles. The lowest BCUT2D eigenvalue weighted by Gasteiger charge is -2.30.